The van der Waals surface area contributed by atoms with Crippen molar-refractivity contribution in [3.8, 4) is 0 Å². The quantitative estimate of drug-likeness (QED) is 0.323. The summed E-state index contributed by atoms with van der Waals surface area (Å²) in [5, 5.41) is 2.63. The molecule has 0 bridgehead atoms. The van der Waals surface area contributed by atoms with Gasteiger partial charge in [0.1, 0.15) is 0 Å². The van der Waals surface area contributed by atoms with E-state index in [0.717, 1.165) is 12.6 Å². The fourth-order valence-electron chi connectivity index (χ4n) is 3.15. The standard InChI is InChI=1S/C24H25PS/c1-2-3-19-25(26,23-17-11-6-12-18-23)24(22-15-9-5-10-16-22)20-21-13-7-4-8-14-21/h4-18,20H,2-3,19H2,1H3/b24-20+. The minimum absolute atomic E-state index is 1.07. The highest BCUT2D eigenvalue weighted by Crippen LogP contribution is 2.59. The predicted molar refractivity (Wildman–Crippen MR) is 121 cm³/mol. The minimum Gasteiger partial charge on any atom is -0.0876 e. The van der Waals surface area contributed by atoms with Crippen molar-refractivity contribution in [3.63, 3.8) is 0 Å². The van der Waals surface area contributed by atoms with Gasteiger partial charge in [0.15, 0.2) is 0 Å². The molecule has 0 aromatic heterocycles. The summed E-state index contributed by atoms with van der Waals surface area (Å²) >= 11 is 6.48. The predicted octanol–water partition coefficient (Wildman–Crippen LogP) is 6.79. The maximum absolute atomic E-state index is 6.48. The fraction of sp³-hybridized carbons (Fsp3) is 0.167. The molecule has 0 spiro atoms. The van der Waals surface area contributed by atoms with Gasteiger partial charge in [-0.1, -0.05) is 116 Å². The summed E-state index contributed by atoms with van der Waals surface area (Å²) in [7, 11) is 0. The van der Waals surface area contributed by atoms with Crippen LogP contribution in [-0.2, 0) is 11.8 Å². The lowest BCUT2D eigenvalue weighted by molar-refractivity contribution is 0.893. The van der Waals surface area contributed by atoms with Crippen molar-refractivity contribution in [2.24, 2.45) is 0 Å². The molecule has 0 N–H and O–H groups in total. The third-order valence-corrected chi connectivity index (χ3v) is 9.58. The SMILES string of the molecule is CCCCP(=S)(/C(=C/c1ccccc1)c1ccccc1)c1ccccc1. The largest absolute Gasteiger partial charge is 0.0876 e. The highest BCUT2D eigenvalue weighted by atomic mass is 32.4. The zero-order valence-electron chi connectivity index (χ0n) is 15.2. The monoisotopic (exact) mass is 376 g/mol. The van der Waals surface area contributed by atoms with E-state index in [1.807, 2.05) is 0 Å². The minimum atomic E-state index is -1.89. The highest BCUT2D eigenvalue weighted by Gasteiger charge is 2.25. The van der Waals surface area contributed by atoms with Gasteiger partial charge in [-0.3, -0.25) is 0 Å². The molecule has 3 aromatic rings. The van der Waals surface area contributed by atoms with Gasteiger partial charge in [-0.2, -0.15) is 0 Å². The molecular weight excluding hydrogens is 351 g/mol. The average molecular weight is 377 g/mol. The van der Waals surface area contributed by atoms with Crippen LogP contribution in [0.15, 0.2) is 91.0 Å². The summed E-state index contributed by atoms with van der Waals surface area (Å²) in [4.78, 5) is 0. The lowest BCUT2D eigenvalue weighted by Gasteiger charge is -2.27. The zero-order valence-corrected chi connectivity index (χ0v) is 16.9. The zero-order chi connectivity index (χ0) is 18.2. The Balaban J connectivity index is 2.20. The lowest BCUT2D eigenvalue weighted by atomic mass is 10.1. The van der Waals surface area contributed by atoms with Crippen molar-refractivity contribution in [3.05, 3.63) is 102 Å². The molecule has 0 aliphatic heterocycles. The first kappa shape index (κ1) is 18.8. The van der Waals surface area contributed by atoms with Crippen LogP contribution in [-0.4, -0.2) is 6.16 Å². The molecule has 3 rings (SSSR count). The fourth-order valence-corrected chi connectivity index (χ4v) is 7.49. The maximum atomic E-state index is 6.48. The molecule has 0 heterocycles. The Labute approximate surface area is 162 Å². The van der Waals surface area contributed by atoms with Crippen LogP contribution in [0, 0.1) is 0 Å². The first-order valence-electron chi connectivity index (χ1n) is 9.21. The summed E-state index contributed by atoms with van der Waals surface area (Å²) in [5.74, 6) is 0. The molecule has 132 valence electrons. The van der Waals surface area contributed by atoms with E-state index in [-0.39, 0.29) is 0 Å². The molecule has 0 nitrogen and oxygen atoms in total. The van der Waals surface area contributed by atoms with Crippen molar-refractivity contribution >= 4 is 34.5 Å². The van der Waals surface area contributed by atoms with E-state index in [1.54, 1.807) is 0 Å². The number of rotatable bonds is 7. The van der Waals surface area contributed by atoms with Crippen LogP contribution in [0.2, 0.25) is 0 Å². The molecule has 1 atom stereocenters. The van der Waals surface area contributed by atoms with E-state index in [1.165, 1.54) is 28.2 Å². The Bertz CT molecular complexity index is 883. The van der Waals surface area contributed by atoms with Gasteiger partial charge in [-0.25, -0.2) is 0 Å². The summed E-state index contributed by atoms with van der Waals surface area (Å²) in [6.07, 6.45) is 5.71. The Morgan fingerprint density at radius 3 is 1.92 bits per heavy atom. The summed E-state index contributed by atoms with van der Waals surface area (Å²) in [6.45, 7) is 2.24. The smallest absolute Gasteiger partial charge is 0.0112 e. The summed E-state index contributed by atoms with van der Waals surface area (Å²) < 4.78 is 0. The average Bonchev–Trinajstić information content (AvgIpc) is 2.72. The van der Waals surface area contributed by atoms with Gasteiger partial charge in [-0.05, 0) is 40.4 Å². The van der Waals surface area contributed by atoms with E-state index >= 15 is 0 Å². The van der Waals surface area contributed by atoms with Crippen LogP contribution in [0.4, 0.5) is 0 Å². The van der Waals surface area contributed by atoms with Crippen LogP contribution in [0.3, 0.4) is 0 Å². The second kappa shape index (κ2) is 9.12. The number of benzene rings is 3. The molecule has 0 amide bonds. The topological polar surface area (TPSA) is 0 Å². The van der Waals surface area contributed by atoms with Gasteiger partial charge in [0.25, 0.3) is 0 Å². The third kappa shape index (κ3) is 4.41. The molecule has 26 heavy (non-hydrogen) atoms. The molecule has 2 heteroatoms. The molecule has 0 aliphatic carbocycles. The maximum Gasteiger partial charge on any atom is 0.0112 e. The number of hydrogen-bond donors (Lipinski definition) is 0. The molecule has 3 aromatic carbocycles. The van der Waals surface area contributed by atoms with Crippen molar-refractivity contribution in [1.29, 1.82) is 0 Å². The second-order valence-electron chi connectivity index (χ2n) is 6.46. The Hall–Kier alpha value is -1.95. The van der Waals surface area contributed by atoms with Crippen LogP contribution in [0.25, 0.3) is 11.4 Å². The molecule has 0 fully saturated rings. The van der Waals surface area contributed by atoms with Crippen molar-refractivity contribution in [2.75, 3.05) is 6.16 Å². The van der Waals surface area contributed by atoms with Crippen molar-refractivity contribution in [2.45, 2.75) is 19.8 Å². The van der Waals surface area contributed by atoms with Crippen molar-refractivity contribution in [1.82, 2.24) is 0 Å². The molecule has 0 radical (unpaired) electrons. The van der Waals surface area contributed by atoms with Crippen molar-refractivity contribution < 1.29 is 0 Å². The molecule has 0 saturated carbocycles. The second-order valence-corrected chi connectivity index (χ2v) is 11.3. The summed E-state index contributed by atoms with van der Waals surface area (Å²) in [5.41, 5.74) is 2.47. The molecule has 1 unspecified atom stereocenters. The van der Waals surface area contributed by atoms with Gasteiger partial charge in [0.05, 0.1) is 0 Å². The molecular formula is C24H25PS. The number of hydrogen-bond acceptors (Lipinski definition) is 1. The van der Waals surface area contributed by atoms with Crippen LogP contribution < -0.4 is 5.30 Å². The van der Waals surface area contributed by atoms with Crippen LogP contribution >= 0.6 is 6.04 Å². The van der Waals surface area contributed by atoms with E-state index in [4.69, 9.17) is 11.8 Å². The van der Waals surface area contributed by atoms with E-state index in [2.05, 4.69) is 104 Å². The van der Waals surface area contributed by atoms with Gasteiger partial charge in [0, 0.05) is 6.04 Å². The molecule has 0 saturated heterocycles. The highest BCUT2D eigenvalue weighted by molar-refractivity contribution is 8.23. The lowest BCUT2D eigenvalue weighted by Crippen LogP contribution is -2.09. The Morgan fingerprint density at radius 2 is 1.35 bits per heavy atom. The van der Waals surface area contributed by atoms with E-state index in [0.29, 0.717) is 0 Å². The number of unbranched alkanes of at least 4 members (excludes halogenated alkanes) is 1. The molecule has 0 aliphatic rings. The third-order valence-electron chi connectivity index (χ3n) is 4.56. The van der Waals surface area contributed by atoms with E-state index in [9.17, 15) is 0 Å². The van der Waals surface area contributed by atoms with E-state index < -0.39 is 6.04 Å². The van der Waals surface area contributed by atoms with Crippen LogP contribution in [0.1, 0.15) is 30.9 Å². The van der Waals surface area contributed by atoms with Crippen LogP contribution in [0.5, 0.6) is 0 Å². The first-order chi connectivity index (χ1) is 12.7. The van der Waals surface area contributed by atoms with Gasteiger partial charge >= 0.3 is 0 Å². The first-order valence-corrected chi connectivity index (χ1v) is 12.2. The summed E-state index contributed by atoms with van der Waals surface area (Å²) in [6, 6.07) is 30.1. The Kier molecular flexibility index (Phi) is 6.61. The van der Waals surface area contributed by atoms with Gasteiger partial charge in [-0.15, -0.1) is 0 Å². The van der Waals surface area contributed by atoms with Gasteiger partial charge < -0.3 is 0 Å². The Morgan fingerprint density at radius 1 is 0.808 bits per heavy atom. The van der Waals surface area contributed by atoms with Gasteiger partial charge in [0.2, 0.25) is 0 Å². The normalized spacial score (nSPS) is 14.0.